The van der Waals surface area contributed by atoms with Gasteiger partial charge in [0, 0.05) is 18.7 Å². The monoisotopic (exact) mass is 421 g/mol. The summed E-state index contributed by atoms with van der Waals surface area (Å²) < 4.78 is 5.78. The fourth-order valence-electron chi connectivity index (χ4n) is 5.50. The molecule has 3 fully saturated rings. The summed E-state index contributed by atoms with van der Waals surface area (Å²) in [6, 6.07) is 0.202. The summed E-state index contributed by atoms with van der Waals surface area (Å²) in [4.78, 5) is 29.1. The molecule has 3 aliphatic rings. The Labute approximate surface area is 182 Å². The van der Waals surface area contributed by atoms with Crippen LogP contribution in [-0.4, -0.2) is 61.1 Å². The molecule has 2 amide bonds. The highest BCUT2D eigenvalue weighted by atomic mass is 16.5. The molecule has 3 rings (SSSR count). The predicted octanol–water partition coefficient (Wildman–Crippen LogP) is 3.25. The molecule has 1 spiro atoms. The average Bonchev–Trinajstić information content (AvgIpc) is 3.24. The first-order valence-electron chi connectivity index (χ1n) is 12.3. The van der Waals surface area contributed by atoms with Gasteiger partial charge in [0.2, 0.25) is 11.8 Å². The zero-order valence-corrected chi connectivity index (χ0v) is 19.4. The summed E-state index contributed by atoms with van der Waals surface area (Å²) in [5.41, 5.74) is -0.343. The van der Waals surface area contributed by atoms with Crippen LogP contribution in [0.3, 0.4) is 0 Å². The number of ether oxygens (including phenoxy) is 1. The van der Waals surface area contributed by atoms with Crippen molar-refractivity contribution in [3.63, 3.8) is 0 Å². The van der Waals surface area contributed by atoms with Crippen molar-refractivity contribution in [2.45, 2.75) is 103 Å². The van der Waals surface area contributed by atoms with Crippen LogP contribution in [0.2, 0.25) is 0 Å². The molecule has 6 heteroatoms. The van der Waals surface area contributed by atoms with Gasteiger partial charge >= 0.3 is 0 Å². The third-order valence-corrected chi connectivity index (χ3v) is 7.36. The first kappa shape index (κ1) is 23.5. The van der Waals surface area contributed by atoms with E-state index in [0.717, 1.165) is 51.2 Å². The van der Waals surface area contributed by atoms with Crippen molar-refractivity contribution in [2.24, 2.45) is 11.3 Å². The number of hydrogen-bond donors (Lipinski definition) is 2. The number of piperidine rings is 1. The lowest BCUT2D eigenvalue weighted by Gasteiger charge is -2.43. The molecule has 30 heavy (non-hydrogen) atoms. The van der Waals surface area contributed by atoms with E-state index in [2.05, 4.69) is 29.4 Å². The van der Waals surface area contributed by atoms with Gasteiger partial charge in [0.05, 0.1) is 12.0 Å². The van der Waals surface area contributed by atoms with Crippen LogP contribution in [0.5, 0.6) is 0 Å². The lowest BCUT2D eigenvalue weighted by Crippen LogP contribution is -2.56. The molecular formula is C24H43N3O3. The highest BCUT2D eigenvalue weighted by Crippen LogP contribution is 2.39. The van der Waals surface area contributed by atoms with Crippen LogP contribution in [-0.2, 0) is 14.3 Å². The van der Waals surface area contributed by atoms with E-state index in [1.165, 1.54) is 25.7 Å². The van der Waals surface area contributed by atoms with Crippen molar-refractivity contribution in [3.8, 4) is 0 Å². The van der Waals surface area contributed by atoms with E-state index < -0.39 is 6.04 Å². The molecule has 1 aliphatic carbocycles. The molecule has 0 aromatic carbocycles. The molecule has 0 radical (unpaired) electrons. The Bertz CT molecular complexity index is 566. The summed E-state index contributed by atoms with van der Waals surface area (Å²) in [7, 11) is 0. The van der Waals surface area contributed by atoms with Gasteiger partial charge in [-0.1, -0.05) is 33.1 Å². The van der Waals surface area contributed by atoms with E-state index >= 15 is 0 Å². The molecule has 172 valence electrons. The Morgan fingerprint density at radius 2 is 1.73 bits per heavy atom. The van der Waals surface area contributed by atoms with Gasteiger partial charge in [-0.15, -0.1) is 0 Å². The number of nitrogens with one attached hydrogen (secondary N) is 2. The highest BCUT2D eigenvalue weighted by molar-refractivity contribution is 5.90. The Hall–Kier alpha value is -1.14. The van der Waals surface area contributed by atoms with Crippen LogP contribution in [0.15, 0.2) is 0 Å². The van der Waals surface area contributed by atoms with Crippen molar-refractivity contribution >= 4 is 11.8 Å². The summed E-state index contributed by atoms with van der Waals surface area (Å²) in [6.07, 6.45) is 10.6. The summed E-state index contributed by atoms with van der Waals surface area (Å²) in [5.74, 6) is 0.358. The van der Waals surface area contributed by atoms with Gasteiger partial charge in [-0.2, -0.15) is 0 Å². The number of carbonyl (C=O) groups is 2. The maximum Gasteiger partial charge on any atom is 0.242 e. The molecule has 1 saturated carbocycles. The second kappa shape index (κ2) is 10.9. The van der Waals surface area contributed by atoms with E-state index in [0.29, 0.717) is 25.6 Å². The van der Waals surface area contributed by atoms with Gasteiger partial charge in [0.1, 0.15) is 6.04 Å². The fourth-order valence-corrected chi connectivity index (χ4v) is 5.50. The summed E-state index contributed by atoms with van der Waals surface area (Å²) in [6.45, 7) is 9.40. The molecule has 2 aliphatic heterocycles. The zero-order chi connectivity index (χ0) is 21.6. The highest BCUT2D eigenvalue weighted by Gasteiger charge is 2.43. The third-order valence-electron chi connectivity index (χ3n) is 7.36. The standard InChI is InChI=1S/C24H43N3O3/c1-18(2)16-21-22(28)25-19(3)17-30-15-7-6-10-24(23(29)26-21)11-13-27(14-12-24)20-8-4-5-9-20/h18-21H,4-17H2,1-3H3,(H,25,28)(H,26,29)/t19-,21+/m1/s1. The molecule has 0 aromatic rings. The minimum absolute atomic E-state index is 0.0478. The van der Waals surface area contributed by atoms with Gasteiger partial charge in [-0.3, -0.25) is 9.59 Å². The predicted molar refractivity (Wildman–Crippen MR) is 119 cm³/mol. The van der Waals surface area contributed by atoms with Crippen LogP contribution in [0.25, 0.3) is 0 Å². The molecule has 2 atom stereocenters. The largest absolute Gasteiger partial charge is 0.379 e. The van der Waals surface area contributed by atoms with Crippen LogP contribution in [0, 0.1) is 11.3 Å². The first-order chi connectivity index (χ1) is 14.4. The zero-order valence-electron chi connectivity index (χ0n) is 19.4. The molecular weight excluding hydrogens is 378 g/mol. The number of likely N-dealkylation sites (tertiary alicyclic amines) is 1. The van der Waals surface area contributed by atoms with E-state index in [1.54, 1.807) is 0 Å². The van der Waals surface area contributed by atoms with Gasteiger partial charge in [0.15, 0.2) is 0 Å². The normalized spacial score (nSPS) is 30.4. The topological polar surface area (TPSA) is 70.7 Å². The number of carbonyl (C=O) groups excluding carboxylic acids is 2. The molecule has 2 heterocycles. The minimum Gasteiger partial charge on any atom is -0.379 e. The maximum absolute atomic E-state index is 13.6. The SMILES string of the molecule is CC(C)C[C@@H]1NC(=O)C2(CCCCOC[C@@H](C)NC1=O)CCN(C1CCCC1)CC2. The number of nitrogens with zero attached hydrogens (tertiary/aromatic N) is 1. The van der Waals surface area contributed by atoms with Gasteiger partial charge in [0.25, 0.3) is 0 Å². The molecule has 0 bridgehead atoms. The van der Waals surface area contributed by atoms with Crippen molar-refractivity contribution in [1.29, 1.82) is 0 Å². The number of hydrogen-bond acceptors (Lipinski definition) is 4. The summed E-state index contributed by atoms with van der Waals surface area (Å²) in [5, 5.41) is 6.23. The van der Waals surface area contributed by atoms with E-state index in [4.69, 9.17) is 4.74 Å². The molecule has 0 aromatic heterocycles. The van der Waals surface area contributed by atoms with Crippen molar-refractivity contribution in [2.75, 3.05) is 26.3 Å². The lowest BCUT2D eigenvalue weighted by atomic mass is 9.73. The second-order valence-electron chi connectivity index (χ2n) is 10.4. The number of rotatable bonds is 3. The summed E-state index contributed by atoms with van der Waals surface area (Å²) >= 11 is 0. The van der Waals surface area contributed by atoms with Crippen molar-refractivity contribution in [3.05, 3.63) is 0 Å². The van der Waals surface area contributed by atoms with Gasteiger partial charge in [-0.05, 0) is 70.9 Å². The molecule has 0 unspecified atom stereocenters. The van der Waals surface area contributed by atoms with Crippen LogP contribution in [0.1, 0.15) is 85.0 Å². The molecule has 2 saturated heterocycles. The Balaban J connectivity index is 1.72. The molecule has 6 nitrogen and oxygen atoms in total. The van der Waals surface area contributed by atoms with Crippen LogP contribution in [0.4, 0.5) is 0 Å². The fraction of sp³-hybridized carbons (Fsp3) is 0.917. The third kappa shape index (κ3) is 6.19. The smallest absolute Gasteiger partial charge is 0.242 e. The average molecular weight is 422 g/mol. The quantitative estimate of drug-likeness (QED) is 0.734. The van der Waals surface area contributed by atoms with Gasteiger partial charge < -0.3 is 20.3 Å². The first-order valence-corrected chi connectivity index (χ1v) is 12.3. The van der Waals surface area contributed by atoms with E-state index in [-0.39, 0.29) is 23.3 Å². The Kier molecular flexibility index (Phi) is 8.58. The lowest BCUT2D eigenvalue weighted by molar-refractivity contribution is -0.139. The van der Waals surface area contributed by atoms with E-state index in [1.807, 2.05) is 6.92 Å². The maximum atomic E-state index is 13.6. The van der Waals surface area contributed by atoms with Crippen LogP contribution >= 0.6 is 0 Å². The van der Waals surface area contributed by atoms with Crippen molar-refractivity contribution < 1.29 is 14.3 Å². The second-order valence-corrected chi connectivity index (χ2v) is 10.4. The Morgan fingerprint density at radius 1 is 1.03 bits per heavy atom. The number of amides is 2. The Morgan fingerprint density at radius 3 is 2.40 bits per heavy atom. The minimum atomic E-state index is -0.467. The van der Waals surface area contributed by atoms with E-state index in [9.17, 15) is 9.59 Å². The van der Waals surface area contributed by atoms with Gasteiger partial charge in [-0.25, -0.2) is 0 Å². The van der Waals surface area contributed by atoms with Crippen LogP contribution < -0.4 is 10.6 Å². The molecule has 2 N–H and O–H groups in total. The van der Waals surface area contributed by atoms with Crippen molar-refractivity contribution in [1.82, 2.24) is 15.5 Å².